The molecule has 0 saturated heterocycles. The molecule has 0 saturated carbocycles. The van der Waals surface area contributed by atoms with Gasteiger partial charge >= 0.3 is 11.6 Å². The van der Waals surface area contributed by atoms with Crippen LogP contribution in [-0.2, 0) is 11.8 Å². The van der Waals surface area contributed by atoms with Crippen molar-refractivity contribution in [1.29, 1.82) is 0 Å². The third kappa shape index (κ3) is 2.59. The minimum atomic E-state index is -0.870. The molecule has 0 N–H and O–H groups in total. The van der Waals surface area contributed by atoms with Crippen molar-refractivity contribution < 1.29 is 23.4 Å². The van der Waals surface area contributed by atoms with Gasteiger partial charge in [0.25, 0.3) is 5.56 Å². The highest BCUT2D eigenvalue weighted by Crippen LogP contribution is 2.34. The van der Waals surface area contributed by atoms with Crippen molar-refractivity contribution in [2.45, 2.75) is 6.92 Å². The second kappa shape index (κ2) is 6.55. The van der Waals surface area contributed by atoms with Gasteiger partial charge in [-0.15, -0.1) is 0 Å². The van der Waals surface area contributed by atoms with Crippen LogP contribution in [0.5, 0.6) is 11.5 Å². The van der Waals surface area contributed by atoms with E-state index in [-0.39, 0.29) is 23.4 Å². The molecule has 0 unspecified atom stereocenters. The van der Waals surface area contributed by atoms with E-state index in [2.05, 4.69) is 0 Å². The molecule has 0 aliphatic carbocycles. The van der Waals surface area contributed by atoms with E-state index in [1.54, 1.807) is 19.1 Å². The molecular weight excluding hydrogens is 342 g/mol. The Morgan fingerprint density at radius 1 is 1.04 bits per heavy atom. The maximum atomic E-state index is 12.7. The van der Waals surface area contributed by atoms with Crippen LogP contribution in [0.3, 0.4) is 0 Å². The van der Waals surface area contributed by atoms with Crippen molar-refractivity contribution in [3.63, 3.8) is 0 Å². The highest BCUT2D eigenvalue weighted by Gasteiger charge is 2.20. The van der Waals surface area contributed by atoms with Crippen LogP contribution in [0.4, 0.5) is 0 Å². The first-order chi connectivity index (χ1) is 12.4. The second-order valence-electron chi connectivity index (χ2n) is 5.50. The number of fused-ring (bicyclic) bond motifs is 3. The van der Waals surface area contributed by atoms with E-state index in [1.807, 2.05) is 0 Å². The molecule has 2 aromatic heterocycles. The molecule has 8 heteroatoms. The topological polar surface area (TPSA) is 97.0 Å². The smallest absolute Gasteiger partial charge is 0.352 e. The quantitative estimate of drug-likeness (QED) is 0.518. The zero-order chi connectivity index (χ0) is 19.0. The van der Waals surface area contributed by atoms with E-state index >= 15 is 0 Å². The van der Waals surface area contributed by atoms with Crippen molar-refractivity contribution in [3.05, 3.63) is 44.5 Å². The molecule has 0 fully saturated rings. The molecule has 2 heterocycles. The number of ether oxygens (including phenoxy) is 3. The van der Waals surface area contributed by atoms with Crippen LogP contribution in [-0.4, -0.2) is 31.4 Å². The van der Waals surface area contributed by atoms with E-state index in [9.17, 15) is 14.4 Å². The zero-order valence-electron chi connectivity index (χ0n) is 14.7. The van der Waals surface area contributed by atoms with E-state index in [4.69, 9.17) is 18.6 Å². The van der Waals surface area contributed by atoms with E-state index in [0.29, 0.717) is 27.7 Å². The lowest BCUT2D eigenvalue weighted by molar-refractivity contribution is 0.0521. The summed E-state index contributed by atoms with van der Waals surface area (Å²) in [4.78, 5) is 36.8. The van der Waals surface area contributed by atoms with Gasteiger partial charge in [0.15, 0.2) is 11.5 Å². The molecular formula is C18H17NO7. The molecule has 3 aromatic rings. The molecule has 0 spiro atoms. The lowest BCUT2D eigenvalue weighted by Gasteiger charge is -2.12. The largest absolute Gasteiger partial charge is 0.493 e. The Labute approximate surface area is 147 Å². The third-order valence-electron chi connectivity index (χ3n) is 4.08. The summed E-state index contributed by atoms with van der Waals surface area (Å²) in [5, 5.41) is 1.21. The first kappa shape index (κ1) is 17.5. The average molecular weight is 359 g/mol. The van der Waals surface area contributed by atoms with Gasteiger partial charge in [-0.2, -0.15) is 0 Å². The first-order valence-electron chi connectivity index (χ1n) is 7.82. The average Bonchev–Trinajstić information content (AvgIpc) is 2.64. The number of hydrogen-bond donors (Lipinski definition) is 0. The van der Waals surface area contributed by atoms with Crippen LogP contribution < -0.4 is 20.7 Å². The van der Waals surface area contributed by atoms with Crippen molar-refractivity contribution in [2.24, 2.45) is 7.05 Å². The lowest BCUT2D eigenvalue weighted by atomic mass is 10.1. The predicted molar refractivity (Wildman–Crippen MR) is 94.3 cm³/mol. The number of rotatable bonds is 4. The summed E-state index contributed by atoms with van der Waals surface area (Å²) in [5.74, 6) is 0.00326. The standard InChI is InChI=1S/C18H17NO7/c1-5-25-17(21)12-6-11-9-7-13(23-3)14(24-4)8-10(9)15(20)19(2)16(11)26-18(12)22/h6-8H,5H2,1-4H3. The molecule has 8 nitrogen and oxygen atoms in total. The number of carbonyl (C=O) groups excluding carboxylic acids is 1. The zero-order valence-corrected chi connectivity index (χ0v) is 14.7. The molecule has 136 valence electrons. The lowest BCUT2D eigenvalue weighted by Crippen LogP contribution is -2.21. The predicted octanol–water partition coefficient (Wildman–Crippen LogP) is 1.84. The van der Waals surface area contributed by atoms with Crippen molar-refractivity contribution in [3.8, 4) is 11.5 Å². The van der Waals surface area contributed by atoms with Crippen molar-refractivity contribution >= 4 is 27.8 Å². The Morgan fingerprint density at radius 2 is 1.65 bits per heavy atom. The van der Waals surface area contributed by atoms with Crippen LogP contribution >= 0.6 is 0 Å². The molecule has 3 rings (SSSR count). The highest BCUT2D eigenvalue weighted by molar-refractivity contribution is 6.07. The Hall–Kier alpha value is -3.29. The van der Waals surface area contributed by atoms with Gasteiger partial charge in [-0.25, -0.2) is 9.59 Å². The Kier molecular flexibility index (Phi) is 4.41. The fourth-order valence-electron chi connectivity index (χ4n) is 2.81. The number of methoxy groups -OCH3 is 2. The van der Waals surface area contributed by atoms with E-state index < -0.39 is 11.6 Å². The summed E-state index contributed by atoms with van der Waals surface area (Å²) in [6, 6.07) is 4.52. The maximum Gasteiger partial charge on any atom is 0.352 e. The van der Waals surface area contributed by atoms with Crippen LogP contribution in [0.15, 0.2) is 32.2 Å². The Morgan fingerprint density at radius 3 is 2.23 bits per heavy atom. The monoisotopic (exact) mass is 359 g/mol. The van der Waals surface area contributed by atoms with Crippen molar-refractivity contribution in [1.82, 2.24) is 4.57 Å². The number of nitrogens with zero attached hydrogens (tertiary/aromatic N) is 1. The van der Waals surface area contributed by atoms with Gasteiger partial charge in [0, 0.05) is 17.8 Å². The summed E-state index contributed by atoms with van der Waals surface area (Å²) in [5.41, 5.74) is -1.44. The second-order valence-corrected chi connectivity index (χ2v) is 5.50. The van der Waals surface area contributed by atoms with Gasteiger partial charge in [0.2, 0.25) is 5.71 Å². The summed E-state index contributed by atoms with van der Waals surface area (Å²) < 4.78 is 21.9. The normalized spacial score (nSPS) is 10.9. The van der Waals surface area contributed by atoms with Gasteiger partial charge in [-0.1, -0.05) is 0 Å². The number of hydrogen-bond acceptors (Lipinski definition) is 7. The van der Waals surface area contributed by atoms with Crippen LogP contribution in [0, 0.1) is 0 Å². The summed E-state index contributed by atoms with van der Waals surface area (Å²) in [7, 11) is 4.41. The number of aromatic nitrogens is 1. The minimum absolute atomic E-state index is 0.0489. The fourth-order valence-corrected chi connectivity index (χ4v) is 2.81. The van der Waals surface area contributed by atoms with Gasteiger partial charge in [0.05, 0.1) is 26.2 Å². The molecule has 0 radical (unpaired) electrons. The maximum absolute atomic E-state index is 12.7. The fraction of sp³-hybridized carbons (Fsp3) is 0.278. The number of esters is 1. The molecule has 0 atom stereocenters. The minimum Gasteiger partial charge on any atom is -0.493 e. The van der Waals surface area contributed by atoms with Gasteiger partial charge in [-0.3, -0.25) is 9.36 Å². The number of pyridine rings is 1. The number of benzene rings is 1. The Balaban J connectivity index is 2.49. The van der Waals surface area contributed by atoms with Crippen LogP contribution in [0.2, 0.25) is 0 Å². The molecule has 0 bridgehead atoms. The van der Waals surface area contributed by atoms with E-state index in [1.165, 1.54) is 31.9 Å². The van der Waals surface area contributed by atoms with Gasteiger partial charge < -0.3 is 18.6 Å². The summed E-state index contributed by atoms with van der Waals surface area (Å²) in [6.45, 7) is 1.76. The first-order valence-corrected chi connectivity index (χ1v) is 7.82. The SMILES string of the molecule is CCOC(=O)c1cc2c3cc(OC)c(OC)cc3c(=O)n(C)c2oc1=O. The van der Waals surface area contributed by atoms with Crippen LogP contribution in [0.1, 0.15) is 17.3 Å². The third-order valence-corrected chi connectivity index (χ3v) is 4.08. The number of aryl methyl sites for hydroxylation is 1. The molecule has 0 aliphatic heterocycles. The molecule has 0 amide bonds. The summed E-state index contributed by atoms with van der Waals surface area (Å²) in [6.07, 6.45) is 0. The molecule has 1 aromatic carbocycles. The highest BCUT2D eigenvalue weighted by atomic mass is 16.5. The molecule has 0 aliphatic rings. The molecule has 26 heavy (non-hydrogen) atoms. The Bertz CT molecular complexity index is 1140. The van der Waals surface area contributed by atoms with Crippen LogP contribution in [0.25, 0.3) is 21.9 Å². The number of carbonyl (C=O) groups is 1. The van der Waals surface area contributed by atoms with Gasteiger partial charge in [-0.05, 0) is 25.1 Å². The van der Waals surface area contributed by atoms with Crippen molar-refractivity contribution in [2.75, 3.05) is 20.8 Å². The van der Waals surface area contributed by atoms with Gasteiger partial charge in [0.1, 0.15) is 5.56 Å². The van der Waals surface area contributed by atoms with E-state index in [0.717, 1.165) is 0 Å². The summed E-state index contributed by atoms with van der Waals surface area (Å²) >= 11 is 0.